The summed E-state index contributed by atoms with van der Waals surface area (Å²) >= 11 is 1.68. The number of carbonyl (C=O) groups excluding carboxylic acids is 1. The Kier molecular flexibility index (Phi) is 9.43. The van der Waals surface area contributed by atoms with E-state index in [9.17, 15) is 13.2 Å². The Morgan fingerprint density at radius 3 is 2.52 bits per heavy atom. The first-order valence-corrected chi connectivity index (χ1v) is 10.6. The molecule has 0 N–H and O–H groups in total. The smallest absolute Gasteiger partial charge is 0.306 e. The minimum Gasteiger partial charge on any atom is -0.466 e. The molecule has 0 radical (unpaired) electrons. The number of carbonyl (C=O) groups is 1. The van der Waals surface area contributed by atoms with Crippen LogP contribution in [0.3, 0.4) is 0 Å². The lowest BCUT2D eigenvalue weighted by molar-refractivity contribution is -0.143. The van der Waals surface area contributed by atoms with Crippen LogP contribution in [0.2, 0.25) is 0 Å². The van der Waals surface area contributed by atoms with Gasteiger partial charge in [-0.15, -0.1) is 11.3 Å². The highest BCUT2D eigenvalue weighted by molar-refractivity contribution is 7.89. The fourth-order valence-electron chi connectivity index (χ4n) is 2.19. The summed E-state index contributed by atoms with van der Waals surface area (Å²) in [5.74, 6) is -0.607. The number of hydrogen-bond donors (Lipinski definition) is 0. The van der Waals surface area contributed by atoms with Crippen molar-refractivity contribution in [1.29, 1.82) is 0 Å². The SMILES string of the molecule is CCCN(CCC)S(=O)(=O)CCC(=O)OCCCc1cccs1. The molecule has 0 saturated carbocycles. The Labute approximate surface area is 143 Å². The van der Waals surface area contributed by atoms with Gasteiger partial charge in [0.25, 0.3) is 0 Å². The molecule has 1 rings (SSSR count). The van der Waals surface area contributed by atoms with E-state index in [0.717, 1.165) is 25.7 Å². The molecular formula is C16H27NO4S2. The molecule has 5 nitrogen and oxygen atoms in total. The predicted molar refractivity (Wildman–Crippen MR) is 94.2 cm³/mol. The molecule has 23 heavy (non-hydrogen) atoms. The van der Waals surface area contributed by atoms with Crippen LogP contribution in [0.1, 0.15) is 44.4 Å². The highest BCUT2D eigenvalue weighted by Gasteiger charge is 2.21. The van der Waals surface area contributed by atoms with E-state index < -0.39 is 16.0 Å². The summed E-state index contributed by atoms with van der Waals surface area (Å²) in [6.45, 7) is 5.24. The van der Waals surface area contributed by atoms with Crippen molar-refractivity contribution in [3.8, 4) is 0 Å². The van der Waals surface area contributed by atoms with E-state index in [-0.39, 0.29) is 12.2 Å². The van der Waals surface area contributed by atoms with Gasteiger partial charge in [0.2, 0.25) is 10.0 Å². The molecule has 0 aromatic carbocycles. The average Bonchev–Trinajstić information content (AvgIpc) is 3.03. The van der Waals surface area contributed by atoms with Crippen molar-refractivity contribution in [2.45, 2.75) is 46.0 Å². The molecular weight excluding hydrogens is 334 g/mol. The predicted octanol–water partition coefficient (Wildman–Crippen LogP) is 3.07. The van der Waals surface area contributed by atoms with Crippen LogP contribution in [-0.2, 0) is 26.0 Å². The number of sulfonamides is 1. The van der Waals surface area contributed by atoms with Crippen LogP contribution in [-0.4, -0.2) is 44.1 Å². The van der Waals surface area contributed by atoms with Gasteiger partial charge < -0.3 is 4.74 Å². The number of esters is 1. The monoisotopic (exact) mass is 361 g/mol. The maximum Gasteiger partial charge on any atom is 0.306 e. The van der Waals surface area contributed by atoms with Crippen molar-refractivity contribution < 1.29 is 17.9 Å². The highest BCUT2D eigenvalue weighted by Crippen LogP contribution is 2.11. The molecule has 0 amide bonds. The third kappa shape index (κ3) is 7.94. The van der Waals surface area contributed by atoms with Gasteiger partial charge in [-0.05, 0) is 37.1 Å². The molecule has 0 atom stereocenters. The van der Waals surface area contributed by atoms with Crippen molar-refractivity contribution in [3.63, 3.8) is 0 Å². The second-order valence-corrected chi connectivity index (χ2v) is 8.49. The number of hydrogen-bond acceptors (Lipinski definition) is 5. The number of thiophene rings is 1. The number of nitrogens with zero attached hydrogens (tertiary/aromatic N) is 1. The van der Waals surface area contributed by atoms with Crippen molar-refractivity contribution in [1.82, 2.24) is 4.31 Å². The van der Waals surface area contributed by atoms with Crippen LogP contribution in [0, 0.1) is 0 Å². The van der Waals surface area contributed by atoms with Crippen molar-refractivity contribution >= 4 is 27.3 Å². The second-order valence-electron chi connectivity index (χ2n) is 5.37. The van der Waals surface area contributed by atoms with Crippen LogP contribution in [0.5, 0.6) is 0 Å². The van der Waals surface area contributed by atoms with Gasteiger partial charge in [-0.3, -0.25) is 4.79 Å². The Morgan fingerprint density at radius 1 is 1.26 bits per heavy atom. The standard InChI is InChI=1S/C16H27NO4S2/c1-3-10-17(11-4-2)23(19,20)14-9-16(18)21-12-5-7-15-8-6-13-22-15/h6,8,13H,3-5,7,9-12,14H2,1-2H3. The molecule has 132 valence electrons. The minimum absolute atomic E-state index is 0.0781. The van der Waals surface area contributed by atoms with Crippen molar-refractivity contribution in [2.24, 2.45) is 0 Å². The molecule has 1 heterocycles. The molecule has 0 aliphatic rings. The fraction of sp³-hybridized carbons (Fsp3) is 0.688. The molecule has 0 bridgehead atoms. The molecule has 0 aliphatic carbocycles. The molecule has 0 saturated heterocycles. The van der Waals surface area contributed by atoms with Gasteiger partial charge in [0.15, 0.2) is 0 Å². The quantitative estimate of drug-likeness (QED) is 0.424. The maximum atomic E-state index is 12.2. The van der Waals surface area contributed by atoms with E-state index >= 15 is 0 Å². The summed E-state index contributed by atoms with van der Waals surface area (Å²) in [5, 5.41) is 2.02. The lowest BCUT2D eigenvalue weighted by atomic mass is 10.3. The molecule has 1 aromatic rings. The number of rotatable bonds is 12. The Balaban J connectivity index is 2.27. The fourth-order valence-corrected chi connectivity index (χ4v) is 4.55. The van der Waals surface area contributed by atoms with Crippen molar-refractivity contribution in [2.75, 3.05) is 25.4 Å². The molecule has 0 spiro atoms. The van der Waals surface area contributed by atoms with Gasteiger partial charge in [0, 0.05) is 18.0 Å². The summed E-state index contributed by atoms with van der Waals surface area (Å²) < 4.78 is 31.0. The molecule has 7 heteroatoms. The number of aryl methyl sites for hydroxylation is 1. The van der Waals surface area contributed by atoms with Crippen molar-refractivity contribution in [3.05, 3.63) is 22.4 Å². The Hall–Kier alpha value is -0.920. The van der Waals surface area contributed by atoms with E-state index in [4.69, 9.17) is 4.74 Å². The summed E-state index contributed by atoms with van der Waals surface area (Å²) in [6.07, 6.45) is 3.10. The first-order valence-electron chi connectivity index (χ1n) is 8.15. The van der Waals surface area contributed by atoms with Gasteiger partial charge in [0.1, 0.15) is 0 Å². The minimum atomic E-state index is -3.37. The summed E-state index contributed by atoms with van der Waals surface area (Å²) in [4.78, 5) is 12.9. The van der Waals surface area contributed by atoms with Gasteiger partial charge >= 0.3 is 5.97 Å². The van der Waals surface area contributed by atoms with Crippen LogP contribution in [0.4, 0.5) is 0 Å². The normalized spacial score (nSPS) is 11.8. The zero-order valence-corrected chi connectivity index (χ0v) is 15.6. The maximum absolute atomic E-state index is 12.2. The van der Waals surface area contributed by atoms with E-state index in [1.807, 2.05) is 25.3 Å². The van der Waals surface area contributed by atoms with Gasteiger partial charge in [-0.25, -0.2) is 12.7 Å². The Morgan fingerprint density at radius 2 is 1.96 bits per heavy atom. The van der Waals surface area contributed by atoms with Crippen LogP contribution < -0.4 is 0 Å². The highest BCUT2D eigenvalue weighted by atomic mass is 32.2. The van der Waals surface area contributed by atoms with E-state index in [0.29, 0.717) is 19.7 Å². The molecule has 0 aliphatic heterocycles. The van der Waals surface area contributed by atoms with Gasteiger partial charge in [0.05, 0.1) is 18.8 Å². The van der Waals surface area contributed by atoms with E-state index in [1.54, 1.807) is 11.3 Å². The van der Waals surface area contributed by atoms with Crippen LogP contribution in [0.25, 0.3) is 0 Å². The third-order valence-corrected chi connectivity index (χ3v) is 6.12. The average molecular weight is 362 g/mol. The lowest BCUT2D eigenvalue weighted by Crippen LogP contribution is -2.35. The summed E-state index contributed by atoms with van der Waals surface area (Å²) in [6, 6.07) is 4.05. The third-order valence-electron chi connectivity index (χ3n) is 3.31. The molecule has 0 unspecified atom stereocenters. The molecule has 0 fully saturated rings. The van der Waals surface area contributed by atoms with Crippen LogP contribution >= 0.6 is 11.3 Å². The Bertz CT molecular complexity index is 534. The zero-order chi connectivity index (χ0) is 17.1. The van der Waals surface area contributed by atoms with Gasteiger partial charge in [-0.1, -0.05) is 19.9 Å². The molecule has 1 aromatic heterocycles. The van der Waals surface area contributed by atoms with Crippen LogP contribution in [0.15, 0.2) is 17.5 Å². The zero-order valence-electron chi connectivity index (χ0n) is 14.0. The second kappa shape index (κ2) is 10.8. The first-order chi connectivity index (χ1) is 11.0. The van der Waals surface area contributed by atoms with E-state index in [2.05, 4.69) is 6.07 Å². The number of ether oxygens (including phenoxy) is 1. The lowest BCUT2D eigenvalue weighted by Gasteiger charge is -2.20. The van der Waals surface area contributed by atoms with E-state index in [1.165, 1.54) is 9.18 Å². The summed E-state index contributed by atoms with van der Waals surface area (Å²) in [5.41, 5.74) is 0. The first kappa shape index (κ1) is 20.1. The summed E-state index contributed by atoms with van der Waals surface area (Å²) in [7, 11) is -3.37. The largest absolute Gasteiger partial charge is 0.466 e. The topological polar surface area (TPSA) is 63.7 Å². The van der Waals surface area contributed by atoms with Gasteiger partial charge in [-0.2, -0.15) is 0 Å².